The fourth-order valence-electron chi connectivity index (χ4n) is 3.60. The zero-order chi connectivity index (χ0) is 21.7. The van der Waals surface area contributed by atoms with Gasteiger partial charge in [0.1, 0.15) is 11.5 Å². The van der Waals surface area contributed by atoms with Crippen molar-refractivity contribution in [1.29, 1.82) is 0 Å². The summed E-state index contributed by atoms with van der Waals surface area (Å²) >= 11 is 0. The van der Waals surface area contributed by atoms with E-state index in [0.717, 1.165) is 11.1 Å². The predicted octanol–water partition coefficient (Wildman–Crippen LogP) is 1.57. The Kier molecular flexibility index (Phi) is 6.83. The molecule has 1 amide bonds. The number of amides is 1. The number of hydrogen-bond donors (Lipinski definition) is 2. The smallest absolute Gasteiger partial charge is 0.409 e. The molecule has 0 bridgehead atoms. The Hall–Kier alpha value is -3.20. The van der Waals surface area contributed by atoms with Crippen molar-refractivity contribution in [1.82, 2.24) is 14.8 Å². The summed E-state index contributed by atoms with van der Waals surface area (Å²) < 4.78 is 15.5. The monoisotopic (exact) mass is 417 g/mol. The third kappa shape index (κ3) is 4.68. The number of aromatic hydroxyl groups is 1. The van der Waals surface area contributed by atoms with Crippen LogP contribution in [-0.4, -0.2) is 73.5 Å². The molecular weight excluding hydrogens is 390 g/mol. The molecule has 0 radical (unpaired) electrons. The maximum Gasteiger partial charge on any atom is 0.409 e. The average Bonchev–Trinajstić information content (AvgIpc) is 2.78. The molecule has 1 aromatic heterocycles. The number of carbonyl (C=O) groups is 1. The van der Waals surface area contributed by atoms with Gasteiger partial charge in [0.2, 0.25) is 0 Å². The SMILES string of the molecule is COC(=O)N1CCN(Cc2c(Cc3cc(OC)ccc3OC)c[nH]c(=O)c2O)CC1. The molecular formula is C21H27N3O6. The van der Waals surface area contributed by atoms with Crippen molar-refractivity contribution in [3.05, 3.63) is 51.4 Å². The number of nitrogens with zero attached hydrogens (tertiary/aromatic N) is 2. The number of nitrogens with one attached hydrogen (secondary N) is 1. The van der Waals surface area contributed by atoms with E-state index in [1.807, 2.05) is 18.2 Å². The van der Waals surface area contributed by atoms with E-state index in [1.54, 1.807) is 25.3 Å². The summed E-state index contributed by atoms with van der Waals surface area (Å²) in [6.45, 7) is 2.67. The quantitative estimate of drug-likeness (QED) is 0.735. The van der Waals surface area contributed by atoms with Crippen LogP contribution in [-0.2, 0) is 17.7 Å². The normalized spacial score (nSPS) is 14.4. The number of H-pyrrole nitrogens is 1. The topological polar surface area (TPSA) is 104 Å². The molecule has 1 aliphatic heterocycles. The molecule has 162 valence electrons. The lowest BCUT2D eigenvalue weighted by Crippen LogP contribution is -2.48. The summed E-state index contributed by atoms with van der Waals surface area (Å²) in [5, 5.41) is 10.5. The van der Waals surface area contributed by atoms with Gasteiger partial charge in [-0.15, -0.1) is 0 Å². The number of aromatic amines is 1. The van der Waals surface area contributed by atoms with Crippen LogP contribution in [0.2, 0.25) is 0 Å². The van der Waals surface area contributed by atoms with Crippen molar-refractivity contribution in [3.8, 4) is 17.2 Å². The molecule has 2 aromatic rings. The van der Waals surface area contributed by atoms with Crippen LogP contribution in [0.4, 0.5) is 4.79 Å². The Labute approximate surface area is 174 Å². The summed E-state index contributed by atoms with van der Waals surface area (Å²) in [7, 11) is 4.55. The molecule has 1 aliphatic rings. The molecule has 1 fully saturated rings. The van der Waals surface area contributed by atoms with E-state index in [0.29, 0.717) is 56.2 Å². The van der Waals surface area contributed by atoms with E-state index < -0.39 is 5.56 Å². The van der Waals surface area contributed by atoms with Gasteiger partial charge in [0.25, 0.3) is 5.56 Å². The third-order valence-corrected chi connectivity index (χ3v) is 5.32. The summed E-state index contributed by atoms with van der Waals surface area (Å²) in [6.07, 6.45) is 1.72. The first-order valence-corrected chi connectivity index (χ1v) is 9.65. The van der Waals surface area contributed by atoms with Gasteiger partial charge < -0.3 is 29.2 Å². The standard InChI is InChI=1S/C21H27N3O6/c1-28-16-4-5-18(29-2)14(11-16)10-15-12-22-20(26)19(25)17(15)13-23-6-8-24(9-7-23)21(27)30-3/h4-5,11-12,25H,6-10,13H2,1-3H3,(H,22,26). The van der Waals surface area contributed by atoms with E-state index >= 15 is 0 Å². The van der Waals surface area contributed by atoms with Crippen LogP contribution in [0.5, 0.6) is 17.2 Å². The average molecular weight is 417 g/mol. The summed E-state index contributed by atoms with van der Waals surface area (Å²) in [4.78, 5) is 30.1. The lowest BCUT2D eigenvalue weighted by atomic mass is 9.99. The molecule has 0 atom stereocenters. The molecule has 2 heterocycles. The minimum Gasteiger partial charge on any atom is -0.503 e. The van der Waals surface area contributed by atoms with Crippen molar-refractivity contribution in [2.45, 2.75) is 13.0 Å². The number of aromatic nitrogens is 1. The fourth-order valence-corrected chi connectivity index (χ4v) is 3.60. The molecule has 30 heavy (non-hydrogen) atoms. The highest BCUT2D eigenvalue weighted by atomic mass is 16.5. The number of carbonyl (C=O) groups excluding carboxylic acids is 1. The van der Waals surface area contributed by atoms with E-state index in [2.05, 4.69) is 9.88 Å². The first-order valence-electron chi connectivity index (χ1n) is 9.65. The van der Waals surface area contributed by atoms with Gasteiger partial charge in [-0.3, -0.25) is 9.69 Å². The van der Waals surface area contributed by atoms with Crippen LogP contribution in [0.3, 0.4) is 0 Å². The molecule has 1 aromatic carbocycles. The van der Waals surface area contributed by atoms with Gasteiger partial charge in [0, 0.05) is 56.5 Å². The highest BCUT2D eigenvalue weighted by molar-refractivity contribution is 5.67. The van der Waals surface area contributed by atoms with E-state index in [1.165, 1.54) is 7.11 Å². The first-order chi connectivity index (χ1) is 14.5. The van der Waals surface area contributed by atoms with E-state index in [-0.39, 0.29) is 11.8 Å². The van der Waals surface area contributed by atoms with Crippen LogP contribution >= 0.6 is 0 Å². The second kappa shape index (κ2) is 9.53. The highest BCUT2D eigenvalue weighted by Crippen LogP contribution is 2.29. The van der Waals surface area contributed by atoms with Gasteiger partial charge in [-0.2, -0.15) is 0 Å². The van der Waals surface area contributed by atoms with Crippen molar-refractivity contribution in [3.63, 3.8) is 0 Å². The highest BCUT2D eigenvalue weighted by Gasteiger charge is 2.24. The third-order valence-electron chi connectivity index (χ3n) is 5.32. The zero-order valence-electron chi connectivity index (χ0n) is 17.4. The largest absolute Gasteiger partial charge is 0.503 e. The van der Waals surface area contributed by atoms with Crippen molar-refractivity contribution >= 4 is 6.09 Å². The molecule has 0 aliphatic carbocycles. The number of methoxy groups -OCH3 is 3. The first kappa shape index (κ1) is 21.5. The number of pyridine rings is 1. The van der Waals surface area contributed by atoms with Crippen molar-refractivity contribution in [2.75, 3.05) is 47.5 Å². The number of hydrogen-bond acceptors (Lipinski definition) is 7. The van der Waals surface area contributed by atoms with Crippen LogP contribution in [0.15, 0.2) is 29.2 Å². The maximum atomic E-state index is 12.1. The van der Waals surface area contributed by atoms with E-state index in [9.17, 15) is 14.7 Å². The van der Waals surface area contributed by atoms with Crippen LogP contribution in [0, 0.1) is 0 Å². The van der Waals surface area contributed by atoms with Gasteiger partial charge in [-0.1, -0.05) is 0 Å². The number of benzene rings is 1. The van der Waals surface area contributed by atoms with Crippen LogP contribution < -0.4 is 15.0 Å². The van der Waals surface area contributed by atoms with Gasteiger partial charge in [0.15, 0.2) is 5.75 Å². The van der Waals surface area contributed by atoms with Gasteiger partial charge in [-0.25, -0.2) is 4.79 Å². The molecule has 1 saturated heterocycles. The number of rotatable bonds is 6. The second-order valence-electron chi connectivity index (χ2n) is 7.06. The Balaban J connectivity index is 1.84. The summed E-state index contributed by atoms with van der Waals surface area (Å²) in [6, 6.07) is 5.51. The lowest BCUT2D eigenvalue weighted by molar-refractivity contribution is 0.0885. The second-order valence-corrected chi connectivity index (χ2v) is 7.06. The van der Waals surface area contributed by atoms with Gasteiger partial charge in [-0.05, 0) is 23.8 Å². The number of ether oxygens (including phenoxy) is 3. The van der Waals surface area contributed by atoms with Crippen LogP contribution in [0.25, 0.3) is 0 Å². The minimum absolute atomic E-state index is 0.287. The van der Waals surface area contributed by atoms with Gasteiger partial charge in [0.05, 0.1) is 21.3 Å². The van der Waals surface area contributed by atoms with Crippen LogP contribution in [0.1, 0.15) is 16.7 Å². The molecule has 9 nitrogen and oxygen atoms in total. The Morgan fingerprint density at radius 2 is 1.83 bits per heavy atom. The molecule has 2 N–H and O–H groups in total. The minimum atomic E-state index is -0.528. The molecule has 0 saturated carbocycles. The fraction of sp³-hybridized carbons (Fsp3) is 0.429. The Morgan fingerprint density at radius 3 is 2.47 bits per heavy atom. The predicted molar refractivity (Wildman–Crippen MR) is 110 cm³/mol. The van der Waals surface area contributed by atoms with Crippen molar-refractivity contribution < 1.29 is 24.1 Å². The molecule has 0 unspecified atom stereocenters. The Morgan fingerprint density at radius 1 is 1.10 bits per heavy atom. The van der Waals surface area contributed by atoms with Crippen molar-refractivity contribution in [2.24, 2.45) is 0 Å². The van der Waals surface area contributed by atoms with E-state index in [4.69, 9.17) is 14.2 Å². The van der Waals surface area contributed by atoms with Gasteiger partial charge >= 0.3 is 6.09 Å². The molecule has 9 heteroatoms. The number of piperazine rings is 1. The lowest BCUT2D eigenvalue weighted by Gasteiger charge is -2.34. The maximum absolute atomic E-state index is 12.1. The summed E-state index contributed by atoms with van der Waals surface area (Å²) in [5.41, 5.74) is 1.70. The molecule has 3 rings (SSSR count). The zero-order valence-corrected chi connectivity index (χ0v) is 17.4. The Bertz CT molecular complexity index is 950. The molecule has 0 spiro atoms. The summed E-state index contributed by atoms with van der Waals surface area (Å²) in [5.74, 6) is 1.10.